The number of nitrogens with one attached hydrogen (secondary N) is 1. The minimum absolute atomic E-state index is 0.0963. The van der Waals surface area contributed by atoms with Gasteiger partial charge in [0.1, 0.15) is 5.82 Å². The second-order valence-corrected chi connectivity index (χ2v) is 4.58. The summed E-state index contributed by atoms with van der Waals surface area (Å²) in [7, 11) is 1.49. The van der Waals surface area contributed by atoms with Crippen molar-refractivity contribution in [1.82, 2.24) is 9.97 Å². The molecule has 106 valence electrons. The lowest BCUT2D eigenvalue weighted by Gasteiger charge is -2.10. The highest BCUT2D eigenvalue weighted by Crippen LogP contribution is 2.31. The van der Waals surface area contributed by atoms with Gasteiger partial charge in [-0.2, -0.15) is 13.2 Å². The first-order chi connectivity index (χ1) is 9.31. The summed E-state index contributed by atoms with van der Waals surface area (Å²) < 4.78 is 38.3. The fourth-order valence-electron chi connectivity index (χ4n) is 1.60. The summed E-state index contributed by atoms with van der Waals surface area (Å²) in [6.45, 7) is 1.81. The molecule has 0 aliphatic heterocycles. The summed E-state index contributed by atoms with van der Waals surface area (Å²) in [6, 6.07) is 6.42. The molecule has 2 rings (SSSR count). The number of alkyl halides is 3. The Hall–Kier alpha value is -1.82. The van der Waals surface area contributed by atoms with Gasteiger partial charge >= 0.3 is 6.18 Å². The van der Waals surface area contributed by atoms with Crippen molar-refractivity contribution < 1.29 is 13.2 Å². The fourth-order valence-corrected chi connectivity index (χ4v) is 1.78. The zero-order valence-corrected chi connectivity index (χ0v) is 11.5. The van der Waals surface area contributed by atoms with Crippen molar-refractivity contribution in [2.45, 2.75) is 13.1 Å². The lowest BCUT2D eigenvalue weighted by molar-refractivity contribution is -0.144. The van der Waals surface area contributed by atoms with Crippen LogP contribution in [-0.2, 0) is 6.18 Å². The van der Waals surface area contributed by atoms with E-state index in [0.29, 0.717) is 10.6 Å². The van der Waals surface area contributed by atoms with E-state index in [-0.39, 0.29) is 11.5 Å². The molecular weight excluding hydrogens is 291 g/mol. The van der Waals surface area contributed by atoms with E-state index in [1.54, 1.807) is 18.2 Å². The predicted molar refractivity (Wildman–Crippen MR) is 71.8 cm³/mol. The Balaban J connectivity index is 2.58. The molecule has 3 nitrogen and oxygen atoms in total. The second-order valence-electron chi connectivity index (χ2n) is 4.17. The third-order valence-electron chi connectivity index (χ3n) is 2.70. The van der Waals surface area contributed by atoms with Gasteiger partial charge in [-0.3, -0.25) is 0 Å². The molecule has 20 heavy (non-hydrogen) atoms. The maximum atomic E-state index is 12.8. The van der Waals surface area contributed by atoms with Gasteiger partial charge < -0.3 is 5.32 Å². The van der Waals surface area contributed by atoms with Crippen LogP contribution in [0.5, 0.6) is 0 Å². The largest absolute Gasteiger partial charge is 0.451 e. The first-order valence-corrected chi connectivity index (χ1v) is 6.09. The van der Waals surface area contributed by atoms with Crippen LogP contribution in [0, 0.1) is 6.92 Å². The number of aromatic nitrogens is 2. The van der Waals surface area contributed by atoms with Gasteiger partial charge in [0.25, 0.3) is 0 Å². The lowest BCUT2D eigenvalue weighted by atomic mass is 10.1. The van der Waals surface area contributed by atoms with Crippen molar-refractivity contribution >= 4 is 17.4 Å². The van der Waals surface area contributed by atoms with Gasteiger partial charge in [-0.15, -0.1) is 0 Å². The molecule has 1 N–H and O–H groups in total. The van der Waals surface area contributed by atoms with Gasteiger partial charge in [-0.1, -0.05) is 23.7 Å². The molecule has 0 bridgehead atoms. The highest BCUT2D eigenvalue weighted by molar-refractivity contribution is 6.31. The number of nitrogens with zero attached hydrogens (tertiary/aromatic N) is 2. The van der Waals surface area contributed by atoms with Crippen molar-refractivity contribution in [3.63, 3.8) is 0 Å². The van der Waals surface area contributed by atoms with Crippen LogP contribution in [0.1, 0.15) is 11.4 Å². The Morgan fingerprint density at radius 3 is 2.40 bits per heavy atom. The van der Waals surface area contributed by atoms with Crippen molar-refractivity contribution in [3.8, 4) is 11.3 Å². The normalized spacial score (nSPS) is 11.5. The monoisotopic (exact) mass is 301 g/mol. The van der Waals surface area contributed by atoms with E-state index < -0.39 is 12.0 Å². The van der Waals surface area contributed by atoms with E-state index in [2.05, 4.69) is 15.3 Å². The molecule has 0 saturated heterocycles. The number of rotatable bonds is 2. The zero-order valence-electron chi connectivity index (χ0n) is 10.7. The van der Waals surface area contributed by atoms with Gasteiger partial charge in [0, 0.05) is 23.7 Å². The summed E-state index contributed by atoms with van der Waals surface area (Å²) in [5, 5.41) is 3.06. The molecule has 1 heterocycles. The molecule has 0 saturated carbocycles. The molecule has 2 aromatic rings. The minimum Gasteiger partial charge on any atom is -0.373 e. The van der Waals surface area contributed by atoms with Crippen molar-refractivity contribution in [1.29, 1.82) is 0 Å². The van der Waals surface area contributed by atoms with E-state index >= 15 is 0 Å². The molecule has 0 spiro atoms. The van der Waals surface area contributed by atoms with Crippen LogP contribution >= 0.6 is 11.6 Å². The average molecular weight is 302 g/mol. The minimum atomic E-state index is -4.60. The molecule has 0 unspecified atom stereocenters. The molecule has 0 aliphatic rings. The molecule has 1 aromatic heterocycles. The summed E-state index contributed by atoms with van der Waals surface area (Å²) in [4.78, 5) is 6.97. The first-order valence-electron chi connectivity index (χ1n) is 5.72. The Labute approximate surface area is 118 Å². The molecule has 0 fully saturated rings. The second kappa shape index (κ2) is 5.28. The Bertz CT molecular complexity index is 641. The molecule has 1 aromatic carbocycles. The molecule has 0 amide bonds. The molecule has 7 heteroatoms. The van der Waals surface area contributed by atoms with Gasteiger partial charge in [-0.05, 0) is 18.6 Å². The number of benzene rings is 1. The predicted octanol–water partition coefficient (Wildman–Crippen LogP) is 4.17. The molecule has 0 radical (unpaired) electrons. The quantitative estimate of drug-likeness (QED) is 0.905. The maximum Gasteiger partial charge on any atom is 0.451 e. The topological polar surface area (TPSA) is 37.8 Å². The van der Waals surface area contributed by atoms with E-state index in [1.807, 2.05) is 6.92 Å². The first kappa shape index (κ1) is 14.6. The van der Waals surface area contributed by atoms with Crippen LogP contribution in [0.2, 0.25) is 5.02 Å². The smallest absolute Gasteiger partial charge is 0.373 e. The number of halogens is 4. The average Bonchev–Trinajstić information content (AvgIpc) is 2.40. The van der Waals surface area contributed by atoms with Crippen LogP contribution in [-0.4, -0.2) is 17.0 Å². The van der Waals surface area contributed by atoms with Crippen LogP contribution in [0.25, 0.3) is 11.3 Å². The van der Waals surface area contributed by atoms with Gasteiger partial charge in [0.2, 0.25) is 5.82 Å². The van der Waals surface area contributed by atoms with Gasteiger partial charge in [0.05, 0.1) is 5.69 Å². The third-order valence-corrected chi connectivity index (χ3v) is 3.11. The van der Waals surface area contributed by atoms with E-state index in [0.717, 1.165) is 5.56 Å². The van der Waals surface area contributed by atoms with Crippen LogP contribution in [0.15, 0.2) is 24.3 Å². The fraction of sp³-hybridized carbons (Fsp3) is 0.231. The molecular formula is C13H11ClF3N3. The van der Waals surface area contributed by atoms with Crippen molar-refractivity contribution in [3.05, 3.63) is 40.7 Å². The number of hydrogen-bond donors (Lipinski definition) is 1. The number of hydrogen-bond acceptors (Lipinski definition) is 3. The summed E-state index contributed by atoms with van der Waals surface area (Å²) in [5.41, 5.74) is 1.51. The summed E-state index contributed by atoms with van der Waals surface area (Å²) in [6.07, 6.45) is -4.60. The number of aryl methyl sites for hydroxylation is 1. The summed E-state index contributed by atoms with van der Waals surface area (Å²) >= 11 is 5.99. The van der Waals surface area contributed by atoms with E-state index in [4.69, 9.17) is 11.6 Å². The lowest BCUT2D eigenvalue weighted by Crippen LogP contribution is -2.13. The molecule has 0 aliphatic carbocycles. The molecule has 0 atom stereocenters. The third kappa shape index (κ3) is 3.01. The van der Waals surface area contributed by atoms with E-state index in [9.17, 15) is 13.2 Å². The van der Waals surface area contributed by atoms with Crippen LogP contribution < -0.4 is 5.32 Å². The van der Waals surface area contributed by atoms with E-state index in [1.165, 1.54) is 13.1 Å². The Morgan fingerprint density at radius 1 is 1.15 bits per heavy atom. The van der Waals surface area contributed by atoms with Crippen LogP contribution in [0.3, 0.4) is 0 Å². The van der Waals surface area contributed by atoms with Crippen LogP contribution in [0.4, 0.5) is 19.0 Å². The SMILES string of the molecule is CNc1cc(-c2ccc(C)c(Cl)c2)nc(C(F)(F)F)n1. The van der Waals surface area contributed by atoms with Gasteiger partial charge in [0.15, 0.2) is 0 Å². The number of anilines is 1. The van der Waals surface area contributed by atoms with Gasteiger partial charge in [-0.25, -0.2) is 9.97 Å². The summed E-state index contributed by atoms with van der Waals surface area (Å²) in [5.74, 6) is -1.09. The standard InChI is InChI=1S/C13H11ClF3N3/c1-7-3-4-8(5-9(7)14)10-6-11(18-2)20-12(19-10)13(15,16)17/h3-6H,1-2H3,(H,18,19,20). The zero-order chi connectivity index (χ0) is 14.9. The Morgan fingerprint density at radius 2 is 1.85 bits per heavy atom. The highest BCUT2D eigenvalue weighted by atomic mass is 35.5. The van der Waals surface area contributed by atoms with Crippen molar-refractivity contribution in [2.75, 3.05) is 12.4 Å². The highest BCUT2D eigenvalue weighted by Gasteiger charge is 2.35. The maximum absolute atomic E-state index is 12.8. The van der Waals surface area contributed by atoms with Crippen molar-refractivity contribution in [2.24, 2.45) is 0 Å². The Kier molecular flexibility index (Phi) is 3.85.